The number of hydrogen-bond acceptors (Lipinski definition) is 7. The van der Waals surface area contributed by atoms with Crippen LogP contribution in [0.3, 0.4) is 0 Å². The molecule has 3 N–H and O–H groups in total. The van der Waals surface area contributed by atoms with Crippen LogP contribution in [0.25, 0.3) is 5.52 Å². The first-order valence-electron chi connectivity index (χ1n) is 10.3. The molecule has 3 heterocycles. The summed E-state index contributed by atoms with van der Waals surface area (Å²) in [4.78, 5) is 13.2. The summed E-state index contributed by atoms with van der Waals surface area (Å²) in [5, 5.41) is 13.7. The molecule has 11 nitrogen and oxygen atoms in total. The molecule has 0 bridgehead atoms. The Hall–Kier alpha value is -4.17. The van der Waals surface area contributed by atoms with Crippen LogP contribution >= 0.6 is 0 Å². The number of aromatic nitrogens is 2. The molecule has 0 saturated heterocycles. The number of anilines is 2. The van der Waals surface area contributed by atoms with E-state index in [4.69, 9.17) is 0 Å². The van der Waals surface area contributed by atoms with E-state index in [1.165, 1.54) is 51.7 Å². The summed E-state index contributed by atoms with van der Waals surface area (Å²) >= 11 is 0. The Morgan fingerprint density at radius 3 is 2.56 bits per heavy atom. The Morgan fingerprint density at radius 1 is 1.14 bits per heavy atom. The lowest BCUT2D eigenvalue weighted by Crippen LogP contribution is -2.35. The number of benzene rings is 2. The average Bonchev–Trinajstić information content (AvgIpc) is 3.27. The largest absolute Gasteiger partial charge is 0.505 e. The fourth-order valence-corrected chi connectivity index (χ4v) is 5.60. The molecule has 14 heteroatoms. The van der Waals surface area contributed by atoms with Crippen LogP contribution in [0, 0.1) is 5.82 Å². The standard InChI is InChI=1S/C22H18FN5O6S2/c1-35(31,32)25-15-8-9-16-18(11-15)36(33,34)26-21(24-16)19-20(29)17-3-2-10-27(17)28(22(19)30)12-13-4-6-14(23)7-5-13/h2-11,25,29H,12H2,1H3,(H,24,26). The van der Waals surface area contributed by atoms with Gasteiger partial charge in [-0.15, -0.1) is 4.40 Å². The monoisotopic (exact) mass is 531 g/mol. The van der Waals surface area contributed by atoms with Crippen molar-refractivity contribution in [3.8, 4) is 5.75 Å². The Kier molecular flexibility index (Phi) is 5.37. The molecule has 0 radical (unpaired) electrons. The van der Waals surface area contributed by atoms with Crippen molar-refractivity contribution in [3.05, 3.63) is 88.1 Å². The molecule has 2 aromatic carbocycles. The quantitative estimate of drug-likeness (QED) is 0.356. The highest BCUT2D eigenvalue weighted by molar-refractivity contribution is 7.92. The number of nitrogens with one attached hydrogen (secondary N) is 2. The van der Waals surface area contributed by atoms with Crippen LogP contribution in [0.2, 0.25) is 0 Å². The summed E-state index contributed by atoms with van der Waals surface area (Å²) < 4.78 is 70.9. The van der Waals surface area contributed by atoms with Gasteiger partial charge in [0.1, 0.15) is 21.8 Å². The molecule has 0 spiro atoms. The fourth-order valence-electron chi connectivity index (χ4n) is 3.90. The van der Waals surface area contributed by atoms with Gasteiger partial charge in [0.2, 0.25) is 10.0 Å². The Balaban J connectivity index is 1.65. The van der Waals surface area contributed by atoms with Gasteiger partial charge in [-0.2, -0.15) is 8.42 Å². The molecule has 5 rings (SSSR count). The molecule has 0 atom stereocenters. The zero-order valence-corrected chi connectivity index (χ0v) is 20.1. The summed E-state index contributed by atoms with van der Waals surface area (Å²) in [5.74, 6) is -1.32. The highest BCUT2D eigenvalue weighted by atomic mass is 32.2. The van der Waals surface area contributed by atoms with Crippen molar-refractivity contribution in [2.75, 3.05) is 16.3 Å². The molecule has 1 aliphatic heterocycles. The minimum Gasteiger partial charge on any atom is -0.505 e. The van der Waals surface area contributed by atoms with Gasteiger partial charge in [0.05, 0.1) is 18.5 Å². The van der Waals surface area contributed by atoms with Gasteiger partial charge in [0.15, 0.2) is 11.6 Å². The first kappa shape index (κ1) is 23.6. The Labute approximate surface area is 204 Å². The lowest BCUT2D eigenvalue weighted by molar-refractivity contribution is 0.466. The average molecular weight is 532 g/mol. The number of fused-ring (bicyclic) bond motifs is 2. The highest BCUT2D eigenvalue weighted by Crippen LogP contribution is 2.33. The molecular formula is C22H18FN5O6S2. The van der Waals surface area contributed by atoms with Crippen LogP contribution in [0.5, 0.6) is 5.75 Å². The minimum atomic E-state index is -4.38. The lowest BCUT2D eigenvalue weighted by atomic mass is 10.2. The van der Waals surface area contributed by atoms with E-state index in [-0.39, 0.29) is 33.9 Å². The van der Waals surface area contributed by atoms with E-state index in [0.29, 0.717) is 5.56 Å². The minimum absolute atomic E-state index is 0.00525. The van der Waals surface area contributed by atoms with E-state index >= 15 is 0 Å². The number of sulfonamides is 2. The van der Waals surface area contributed by atoms with Crippen LogP contribution in [0.4, 0.5) is 15.8 Å². The maximum atomic E-state index is 13.5. The predicted molar refractivity (Wildman–Crippen MR) is 131 cm³/mol. The van der Waals surface area contributed by atoms with Gasteiger partial charge >= 0.3 is 0 Å². The van der Waals surface area contributed by atoms with Gasteiger partial charge < -0.3 is 10.4 Å². The van der Waals surface area contributed by atoms with Gasteiger partial charge in [-0.1, -0.05) is 12.1 Å². The van der Waals surface area contributed by atoms with Gasteiger partial charge in [-0.25, -0.2) is 17.5 Å². The molecule has 0 fully saturated rings. The third-order valence-corrected chi connectivity index (χ3v) is 7.35. The number of halogens is 1. The third-order valence-electron chi connectivity index (χ3n) is 5.43. The second-order valence-corrected chi connectivity index (χ2v) is 11.4. The summed E-state index contributed by atoms with van der Waals surface area (Å²) in [5.41, 5.74) is -0.270. The number of amidine groups is 1. The summed E-state index contributed by atoms with van der Waals surface area (Å²) in [6.07, 6.45) is 2.47. The maximum Gasteiger partial charge on any atom is 0.286 e. The zero-order valence-electron chi connectivity index (χ0n) is 18.5. The fraction of sp³-hybridized carbons (Fsp3) is 0.0909. The van der Waals surface area contributed by atoms with Gasteiger partial charge in [-0.05, 0) is 48.0 Å². The maximum absolute atomic E-state index is 13.5. The van der Waals surface area contributed by atoms with E-state index in [0.717, 1.165) is 12.3 Å². The van der Waals surface area contributed by atoms with Gasteiger partial charge in [0.25, 0.3) is 15.6 Å². The summed E-state index contributed by atoms with van der Waals surface area (Å²) in [6, 6.07) is 12.4. The van der Waals surface area contributed by atoms with E-state index in [9.17, 15) is 31.1 Å². The molecule has 0 amide bonds. The van der Waals surface area contributed by atoms with E-state index in [1.807, 2.05) is 0 Å². The van der Waals surface area contributed by atoms with Crippen molar-refractivity contribution in [2.24, 2.45) is 4.40 Å². The van der Waals surface area contributed by atoms with Gasteiger partial charge in [-0.3, -0.25) is 14.0 Å². The number of hydrogen-bond donors (Lipinski definition) is 3. The molecule has 4 aromatic rings. The van der Waals surface area contributed by atoms with Crippen molar-refractivity contribution in [1.29, 1.82) is 0 Å². The van der Waals surface area contributed by atoms with Crippen LogP contribution in [0.15, 0.2) is 74.9 Å². The predicted octanol–water partition coefficient (Wildman–Crippen LogP) is 1.93. The zero-order chi connectivity index (χ0) is 25.8. The van der Waals surface area contributed by atoms with Gasteiger partial charge in [0, 0.05) is 11.9 Å². The first-order chi connectivity index (χ1) is 16.9. The molecule has 0 aliphatic carbocycles. The van der Waals surface area contributed by atoms with Crippen LogP contribution in [-0.2, 0) is 26.6 Å². The SMILES string of the molecule is CS(=O)(=O)Nc1ccc2c(c1)S(=O)(=O)N=C(c1c(O)c3cccn3n(Cc3ccc(F)cc3)c1=O)N2. The van der Waals surface area contributed by atoms with E-state index < -0.39 is 43.0 Å². The van der Waals surface area contributed by atoms with Crippen molar-refractivity contribution >= 4 is 42.8 Å². The van der Waals surface area contributed by atoms with Crippen LogP contribution < -0.4 is 15.6 Å². The van der Waals surface area contributed by atoms with Crippen molar-refractivity contribution in [1.82, 2.24) is 9.20 Å². The molecule has 36 heavy (non-hydrogen) atoms. The molecule has 186 valence electrons. The number of nitrogens with zero attached hydrogens (tertiary/aromatic N) is 3. The van der Waals surface area contributed by atoms with E-state index in [1.54, 1.807) is 12.3 Å². The Morgan fingerprint density at radius 2 is 1.86 bits per heavy atom. The molecule has 0 unspecified atom stereocenters. The van der Waals surface area contributed by atoms with Crippen molar-refractivity contribution in [3.63, 3.8) is 0 Å². The van der Waals surface area contributed by atoms with Crippen molar-refractivity contribution in [2.45, 2.75) is 11.4 Å². The van der Waals surface area contributed by atoms with Crippen molar-refractivity contribution < 1.29 is 26.3 Å². The smallest absolute Gasteiger partial charge is 0.286 e. The second kappa shape index (κ2) is 8.20. The first-order valence-corrected chi connectivity index (χ1v) is 13.7. The van der Waals surface area contributed by atoms with Crippen LogP contribution in [-0.4, -0.2) is 43.2 Å². The summed E-state index contributed by atoms with van der Waals surface area (Å²) in [7, 11) is -8.04. The van der Waals surface area contributed by atoms with Crippen LogP contribution in [0.1, 0.15) is 11.1 Å². The highest BCUT2D eigenvalue weighted by Gasteiger charge is 2.30. The topological polar surface area (TPSA) is 151 Å². The lowest BCUT2D eigenvalue weighted by Gasteiger charge is -2.21. The van der Waals surface area contributed by atoms with E-state index in [2.05, 4.69) is 14.4 Å². The molecule has 1 aliphatic rings. The normalized spacial score (nSPS) is 14.7. The number of rotatable bonds is 5. The number of aromatic hydroxyl groups is 1. The summed E-state index contributed by atoms with van der Waals surface area (Å²) in [6.45, 7) is -0.00525. The molecular weight excluding hydrogens is 513 g/mol. The third kappa shape index (κ3) is 4.20. The second-order valence-electron chi connectivity index (χ2n) is 8.08. The molecule has 0 saturated carbocycles. The Bertz CT molecular complexity index is 1840. The molecule has 2 aromatic heterocycles.